The van der Waals surface area contributed by atoms with Crippen LogP contribution in [0, 0.1) is 17.8 Å². The summed E-state index contributed by atoms with van der Waals surface area (Å²) in [5.74, 6) is 2.07. The van der Waals surface area contributed by atoms with Crippen molar-refractivity contribution in [3.8, 4) is 11.8 Å². The highest BCUT2D eigenvalue weighted by Gasteiger charge is 2.49. The van der Waals surface area contributed by atoms with Crippen LogP contribution in [-0.4, -0.2) is 15.6 Å². The maximum atomic E-state index is 13.5. The molecule has 0 amide bonds. The molecule has 1 fully saturated rings. The number of aliphatic hydroxyl groups excluding tert-OH is 1. The van der Waals surface area contributed by atoms with E-state index in [1.54, 1.807) is 0 Å². The molecule has 21 heavy (non-hydrogen) atoms. The van der Waals surface area contributed by atoms with Crippen LogP contribution in [0.15, 0.2) is 6.07 Å². The van der Waals surface area contributed by atoms with Gasteiger partial charge in [-0.2, -0.15) is 13.2 Å². The van der Waals surface area contributed by atoms with Gasteiger partial charge in [0.1, 0.15) is 0 Å². The van der Waals surface area contributed by atoms with Crippen LogP contribution in [0.5, 0.6) is 0 Å². The number of aliphatic hydroxyl groups is 1. The van der Waals surface area contributed by atoms with Gasteiger partial charge in [-0.1, -0.05) is 5.92 Å². The van der Waals surface area contributed by atoms with Gasteiger partial charge in [-0.05, 0) is 24.8 Å². The Balaban J connectivity index is 2.12. The highest BCUT2D eigenvalue weighted by atomic mass is 19.4. The van der Waals surface area contributed by atoms with Crippen molar-refractivity contribution in [1.82, 2.24) is 4.57 Å². The van der Waals surface area contributed by atoms with Gasteiger partial charge < -0.3 is 9.67 Å². The zero-order valence-electron chi connectivity index (χ0n) is 10.8. The summed E-state index contributed by atoms with van der Waals surface area (Å²) in [6.45, 7) is -0.288. The predicted molar refractivity (Wildman–Crippen MR) is 63.6 cm³/mol. The topological polar surface area (TPSA) is 25.2 Å². The van der Waals surface area contributed by atoms with Crippen LogP contribution < -0.4 is 0 Å². The first-order valence-corrected chi connectivity index (χ1v) is 6.58. The lowest BCUT2D eigenvalue weighted by Crippen LogP contribution is -2.36. The van der Waals surface area contributed by atoms with Crippen LogP contribution in [0.4, 0.5) is 22.0 Å². The van der Waals surface area contributed by atoms with E-state index in [0.717, 1.165) is 23.5 Å². The Hall–Kier alpha value is -1.55. The van der Waals surface area contributed by atoms with E-state index in [9.17, 15) is 27.1 Å². The standard InChI is InChI=1S/C14H12F5NO/c15-13(16)5-6-20-9(4-3-8-1-2-8)7-10(14(17,18)19)11(20)12(13)21/h7-8,12,21H,1-2,5-6H2. The first-order valence-electron chi connectivity index (χ1n) is 6.58. The molecule has 1 aromatic heterocycles. The minimum atomic E-state index is -4.80. The van der Waals surface area contributed by atoms with E-state index in [1.807, 2.05) is 0 Å². The lowest BCUT2D eigenvalue weighted by atomic mass is 9.99. The highest BCUT2D eigenvalue weighted by Crippen LogP contribution is 2.45. The summed E-state index contributed by atoms with van der Waals surface area (Å²) >= 11 is 0. The molecule has 0 bridgehead atoms. The number of hydrogen-bond acceptors (Lipinski definition) is 1. The van der Waals surface area contributed by atoms with Crippen LogP contribution in [0.25, 0.3) is 0 Å². The fraction of sp³-hybridized carbons (Fsp3) is 0.571. The molecule has 1 aliphatic carbocycles. The molecule has 0 spiro atoms. The number of hydrogen-bond donors (Lipinski definition) is 1. The number of alkyl halides is 5. The number of nitrogens with zero attached hydrogens (tertiary/aromatic N) is 1. The van der Waals surface area contributed by atoms with Gasteiger partial charge in [-0.15, -0.1) is 0 Å². The summed E-state index contributed by atoms with van der Waals surface area (Å²) in [5.41, 5.74) is -1.97. The third-order valence-electron chi connectivity index (χ3n) is 3.75. The van der Waals surface area contributed by atoms with Crippen LogP contribution in [-0.2, 0) is 12.7 Å². The largest absolute Gasteiger partial charge is 0.418 e. The molecule has 2 heterocycles. The van der Waals surface area contributed by atoms with E-state index in [1.165, 1.54) is 0 Å². The van der Waals surface area contributed by atoms with Gasteiger partial charge in [0.15, 0.2) is 6.10 Å². The second kappa shape index (κ2) is 4.47. The molecule has 2 nitrogen and oxygen atoms in total. The molecule has 3 rings (SSSR count). The molecule has 0 radical (unpaired) electrons. The first kappa shape index (κ1) is 14.4. The average molecular weight is 305 g/mol. The van der Waals surface area contributed by atoms with Gasteiger partial charge >= 0.3 is 6.18 Å². The molecule has 114 valence electrons. The molecule has 1 atom stereocenters. The predicted octanol–water partition coefficient (Wildman–Crippen LogP) is 3.34. The summed E-state index contributed by atoms with van der Waals surface area (Å²) in [5, 5.41) is 9.62. The summed E-state index contributed by atoms with van der Waals surface area (Å²) < 4.78 is 67.1. The Morgan fingerprint density at radius 1 is 1.29 bits per heavy atom. The van der Waals surface area contributed by atoms with Gasteiger partial charge in [-0.25, -0.2) is 8.78 Å². The monoisotopic (exact) mass is 305 g/mol. The average Bonchev–Trinajstić information content (AvgIpc) is 3.11. The summed E-state index contributed by atoms with van der Waals surface area (Å²) in [4.78, 5) is 0. The van der Waals surface area contributed by atoms with E-state index in [-0.39, 0.29) is 18.2 Å². The molecule has 1 aromatic rings. The van der Waals surface area contributed by atoms with Crippen molar-refractivity contribution in [1.29, 1.82) is 0 Å². The molecular weight excluding hydrogens is 293 g/mol. The minimum Gasteiger partial charge on any atom is -0.381 e. The van der Waals surface area contributed by atoms with E-state index in [4.69, 9.17) is 0 Å². The third kappa shape index (κ3) is 2.53. The molecule has 1 aliphatic heterocycles. The first-order chi connectivity index (χ1) is 9.70. The van der Waals surface area contributed by atoms with E-state index < -0.39 is 35.9 Å². The number of rotatable bonds is 0. The van der Waals surface area contributed by atoms with Gasteiger partial charge in [0.05, 0.1) is 17.0 Å². The zero-order valence-corrected chi connectivity index (χ0v) is 10.8. The lowest BCUT2D eigenvalue weighted by Gasteiger charge is -2.30. The van der Waals surface area contributed by atoms with Crippen molar-refractivity contribution < 1.29 is 27.1 Å². The van der Waals surface area contributed by atoms with Gasteiger partial charge in [0.25, 0.3) is 5.92 Å². The Bertz CT molecular complexity index is 630. The smallest absolute Gasteiger partial charge is 0.381 e. The van der Waals surface area contributed by atoms with E-state index >= 15 is 0 Å². The Labute approximate surface area is 117 Å². The van der Waals surface area contributed by atoms with Crippen molar-refractivity contribution in [2.24, 2.45) is 5.92 Å². The summed E-state index contributed by atoms with van der Waals surface area (Å²) in [6.07, 6.45) is -6.14. The molecule has 0 saturated heterocycles. The maximum absolute atomic E-state index is 13.5. The minimum absolute atomic E-state index is 0.0405. The zero-order chi connectivity index (χ0) is 15.4. The van der Waals surface area contributed by atoms with E-state index in [0.29, 0.717) is 0 Å². The number of fused-ring (bicyclic) bond motifs is 1. The van der Waals surface area contributed by atoms with Crippen molar-refractivity contribution in [2.75, 3.05) is 0 Å². The van der Waals surface area contributed by atoms with Gasteiger partial charge in [-0.3, -0.25) is 0 Å². The maximum Gasteiger partial charge on any atom is 0.418 e. The van der Waals surface area contributed by atoms with Gasteiger partial charge in [0, 0.05) is 18.9 Å². The second-order valence-corrected chi connectivity index (χ2v) is 5.44. The molecule has 1 saturated carbocycles. The van der Waals surface area contributed by atoms with Crippen LogP contribution >= 0.6 is 0 Å². The SMILES string of the molecule is OC1c2c(C(F)(F)F)cc(C#CC3CC3)n2CCC1(F)F. The Morgan fingerprint density at radius 2 is 1.95 bits per heavy atom. The molecular formula is C14H12F5NO. The van der Waals surface area contributed by atoms with Crippen molar-refractivity contribution in [3.05, 3.63) is 23.0 Å². The van der Waals surface area contributed by atoms with Crippen LogP contribution in [0.3, 0.4) is 0 Å². The number of aromatic nitrogens is 1. The van der Waals surface area contributed by atoms with E-state index in [2.05, 4.69) is 11.8 Å². The second-order valence-electron chi connectivity index (χ2n) is 5.44. The molecule has 2 aliphatic rings. The fourth-order valence-corrected chi connectivity index (χ4v) is 2.43. The summed E-state index contributed by atoms with van der Waals surface area (Å²) in [6, 6.07) is 0.759. The molecule has 1 N–H and O–H groups in total. The number of halogens is 5. The summed E-state index contributed by atoms with van der Waals surface area (Å²) in [7, 11) is 0. The molecule has 7 heteroatoms. The Kier molecular flexibility index (Phi) is 3.06. The van der Waals surface area contributed by atoms with Crippen molar-refractivity contribution in [2.45, 2.75) is 44.0 Å². The van der Waals surface area contributed by atoms with Gasteiger partial charge in [0.2, 0.25) is 0 Å². The molecule has 0 aromatic carbocycles. The highest BCUT2D eigenvalue weighted by molar-refractivity contribution is 5.42. The quantitative estimate of drug-likeness (QED) is 0.577. The third-order valence-corrected chi connectivity index (χ3v) is 3.75. The molecule has 1 unspecified atom stereocenters. The fourth-order valence-electron chi connectivity index (χ4n) is 2.43. The Morgan fingerprint density at radius 3 is 2.52 bits per heavy atom. The van der Waals surface area contributed by atoms with Crippen molar-refractivity contribution >= 4 is 0 Å². The lowest BCUT2D eigenvalue weighted by molar-refractivity contribution is -0.152. The van der Waals surface area contributed by atoms with Crippen LogP contribution in [0.1, 0.15) is 42.3 Å². The normalized spacial score (nSPS) is 24.2. The van der Waals surface area contributed by atoms with Crippen molar-refractivity contribution in [3.63, 3.8) is 0 Å². The van der Waals surface area contributed by atoms with Crippen LogP contribution in [0.2, 0.25) is 0 Å².